The third-order valence-electron chi connectivity index (χ3n) is 1.15. The monoisotopic (exact) mass is 196 g/mol. The Hall–Kier alpha value is -1.60. The van der Waals surface area contributed by atoms with Crippen LogP contribution in [0.1, 0.15) is 5.56 Å². The van der Waals surface area contributed by atoms with Crippen LogP contribution in [0.15, 0.2) is 12.5 Å². The minimum absolute atomic E-state index is 0.214. The molecule has 0 aliphatic carbocycles. The van der Waals surface area contributed by atoms with Crippen molar-refractivity contribution in [3.63, 3.8) is 0 Å². The largest absolute Gasteiger partial charge is 0.459 e. The van der Waals surface area contributed by atoms with Crippen molar-refractivity contribution in [2.75, 3.05) is 7.11 Å². The number of carbonyl (C=O) groups excluding carboxylic acids is 1. The molecule has 1 aromatic rings. The first-order valence-corrected chi connectivity index (χ1v) is 3.67. The first-order valence-electron chi connectivity index (χ1n) is 3.29. The van der Waals surface area contributed by atoms with Crippen molar-refractivity contribution in [2.24, 2.45) is 0 Å². The summed E-state index contributed by atoms with van der Waals surface area (Å²) in [7, 11) is 1.25. The molecule has 1 heterocycles. The van der Waals surface area contributed by atoms with Crippen LogP contribution < -0.4 is 0 Å². The van der Waals surface area contributed by atoms with Gasteiger partial charge in [-0.15, -0.1) is 0 Å². The highest BCUT2D eigenvalue weighted by atomic mass is 35.5. The number of halogens is 1. The van der Waals surface area contributed by atoms with E-state index in [1.54, 1.807) is 0 Å². The van der Waals surface area contributed by atoms with Gasteiger partial charge in [-0.25, -0.2) is 14.8 Å². The van der Waals surface area contributed by atoms with E-state index in [1.807, 2.05) is 0 Å². The van der Waals surface area contributed by atoms with Crippen LogP contribution in [0.5, 0.6) is 0 Å². The van der Waals surface area contributed by atoms with Gasteiger partial charge in [0, 0.05) is 12.1 Å². The van der Waals surface area contributed by atoms with Gasteiger partial charge in [0.05, 0.1) is 12.7 Å². The molecule has 4 nitrogen and oxygen atoms in total. The number of hydrogen-bond acceptors (Lipinski definition) is 4. The van der Waals surface area contributed by atoms with E-state index in [9.17, 15) is 4.79 Å². The van der Waals surface area contributed by atoms with E-state index >= 15 is 0 Å². The molecule has 13 heavy (non-hydrogen) atoms. The zero-order valence-electron chi connectivity index (χ0n) is 6.74. The molecule has 0 saturated carbocycles. The molecule has 0 amide bonds. The number of ether oxygens (including phenoxy) is 1. The molecule has 0 aliphatic heterocycles. The SMILES string of the molecule is COC(=O)C#Cc1cncnc1Cl. The molecule has 0 aliphatic rings. The van der Waals surface area contributed by atoms with Gasteiger partial charge < -0.3 is 4.74 Å². The molecule has 0 atom stereocenters. The van der Waals surface area contributed by atoms with Crippen LogP contribution in [0.4, 0.5) is 0 Å². The Morgan fingerprint density at radius 1 is 1.69 bits per heavy atom. The number of nitrogens with zero attached hydrogens (tertiary/aromatic N) is 2. The van der Waals surface area contributed by atoms with Crippen LogP contribution in [0, 0.1) is 11.8 Å². The van der Waals surface area contributed by atoms with Crippen LogP contribution in [-0.4, -0.2) is 23.0 Å². The van der Waals surface area contributed by atoms with E-state index in [0.717, 1.165) is 0 Å². The summed E-state index contributed by atoms with van der Waals surface area (Å²) in [5.41, 5.74) is 0.398. The first-order chi connectivity index (χ1) is 6.24. The number of hydrogen-bond donors (Lipinski definition) is 0. The van der Waals surface area contributed by atoms with Crippen LogP contribution in [0.3, 0.4) is 0 Å². The molecule has 1 aromatic heterocycles. The number of rotatable bonds is 0. The lowest BCUT2D eigenvalue weighted by Crippen LogP contribution is -1.95. The van der Waals surface area contributed by atoms with E-state index in [-0.39, 0.29) is 5.15 Å². The van der Waals surface area contributed by atoms with Gasteiger partial charge >= 0.3 is 5.97 Å². The molecule has 1 rings (SSSR count). The van der Waals surface area contributed by atoms with Crippen molar-refractivity contribution in [3.8, 4) is 11.8 Å². The van der Waals surface area contributed by atoms with Crippen molar-refractivity contribution >= 4 is 17.6 Å². The maximum absolute atomic E-state index is 10.6. The highest BCUT2D eigenvalue weighted by Crippen LogP contribution is 2.07. The summed E-state index contributed by atoms with van der Waals surface area (Å²) in [6.45, 7) is 0. The second-order valence-corrected chi connectivity index (χ2v) is 2.33. The van der Waals surface area contributed by atoms with Crippen LogP contribution in [0.2, 0.25) is 5.15 Å². The summed E-state index contributed by atoms with van der Waals surface area (Å²) < 4.78 is 4.32. The molecule has 0 N–H and O–H groups in total. The van der Waals surface area contributed by atoms with Gasteiger partial charge in [0.15, 0.2) is 0 Å². The molecular formula is C8H5ClN2O2. The topological polar surface area (TPSA) is 52.1 Å². The fourth-order valence-electron chi connectivity index (χ4n) is 0.568. The minimum atomic E-state index is -0.625. The molecule has 0 aromatic carbocycles. The van der Waals surface area contributed by atoms with Gasteiger partial charge in [-0.2, -0.15) is 0 Å². The molecule has 0 bridgehead atoms. The molecule has 0 saturated heterocycles. The summed E-state index contributed by atoms with van der Waals surface area (Å²) in [5.74, 6) is 4.07. The van der Waals surface area contributed by atoms with Crippen molar-refractivity contribution in [3.05, 3.63) is 23.2 Å². The van der Waals surface area contributed by atoms with E-state index in [2.05, 4.69) is 26.5 Å². The number of aromatic nitrogens is 2. The van der Waals surface area contributed by atoms with Crippen LogP contribution in [-0.2, 0) is 9.53 Å². The van der Waals surface area contributed by atoms with Crippen molar-refractivity contribution in [1.29, 1.82) is 0 Å². The standard InChI is InChI=1S/C8H5ClN2O2/c1-13-7(12)3-2-6-4-10-5-11-8(6)9/h4-5H,1H3. The highest BCUT2D eigenvalue weighted by Gasteiger charge is 1.96. The Balaban J connectivity index is 2.89. The Morgan fingerprint density at radius 2 is 2.46 bits per heavy atom. The Bertz CT molecular complexity index is 381. The van der Waals surface area contributed by atoms with Gasteiger partial charge in [0.2, 0.25) is 0 Å². The first kappa shape index (κ1) is 9.49. The predicted octanol–water partition coefficient (Wildman–Crippen LogP) is 0.654. The molecular weight excluding hydrogens is 192 g/mol. The lowest BCUT2D eigenvalue weighted by molar-refractivity contribution is -0.133. The predicted molar refractivity (Wildman–Crippen MR) is 45.9 cm³/mol. The third-order valence-corrected chi connectivity index (χ3v) is 1.45. The molecule has 66 valence electrons. The van der Waals surface area contributed by atoms with Crippen LogP contribution >= 0.6 is 11.6 Å². The summed E-state index contributed by atoms with van der Waals surface area (Å²) >= 11 is 5.65. The van der Waals surface area contributed by atoms with E-state index in [0.29, 0.717) is 5.56 Å². The molecule has 0 spiro atoms. The smallest absolute Gasteiger partial charge is 0.384 e. The second kappa shape index (κ2) is 4.43. The highest BCUT2D eigenvalue weighted by molar-refractivity contribution is 6.30. The molecule has 5 heteroatoms. The zero-order chi connectivity index (χ0) is 9.68. The number of carbonyl (C=O) groups is 1. The van der Waals surface area contributed by atoms with Crippen LogP contribution in [0.25, 0.3) is 0 Å². The fourth-order valence-corrected chi connectivity index (χ4v) is 0.708. The van der Waals surface area contributed by atoms with E-state index in [1.165, 1.54) is 19.6 Å². The van der Waals surface area contributed by atoms with Crippen molar-refractivity contribution in [2.45, 2.75) is 0 Å². The average molecular weight is 197 g/mol. The zero-order valence-corrected chi connectivity index (χ0v) is 7.50. The Labute approximate surface area is 79.9 Å². The lowest BCUT2D eigenvalue weighted by atomic mass is 10.3. The Morgan fingerprint density at radius 3 is 3.08 bits per heavy atom. The maximum atomic E-state index is 10.6. The third kappa shape index (κ3) is 2.73. The normalized spacial score (nSPS) is 8.46. The number of esters is 1. The van der Waals surface area contributed by atoms with Gasteiger partial charge in [0.1, 0.15) is 11.5 Å². The van der Waals surface area contributed by atoms with Gasteiger partial charge in [0.25, 0.3) is 0 Å². The summed E-state index contributed by atoms with van der Waals surface area (Å²) in [6, 6.07) is 0. The minimum Gasteiger partial charge on any atom is -0.459 e. The summed E-state index contributed by atoms with van der Waals surface area (Å²) in [6.07, 6.45) is 2.72. The molecule has 0 radical (unpaired) electrons. The molecule has 0 fully saturated rings. The Kier molecular flexibility index (Phi) is 3.23. The average Bonchev–Trinajstić information content (AvgIpc) is 2.16. The maximum Gasteiger partial charge on any atom is 0.384 e. The quantitative estimate of drug-likeness (QED) is 0.347. The summed E-state index contributed by atoms with van der Waals surface area (Å²) in [5, 5.41) is 0.214. The van der Waals surface area contributed by atoms with E-state index < -0.39 is 5.97 Å². The van der Waals surface area contributed by atoms with Gasteiger partial charge in [-0.05, 0) is 0 Å². The summed E-state index contributed by atoms with van der Waals surface area (Å²) in [4.78, 5) is 18.0. The van der Waals surface area contributed by atoms with E-state index in [4.69, 9.17) is 11.6 Å². The second-order valence-electron chi connectivity index (χ2n) is 1.97. The van der Waals surface area contributed by atoms with Gasteiger partial charge in [-0.3, -0.25) is 0 Å². The molecule has 0 unspecified atom stereocenters. The lowest BCUT2D eigenvalue weighted by Gasteiger charge is -1.90. The van der Waals surface area contributed by atoms with Crippen molar-refractivity contribution < 1.29 is 9.53 Å². The van der Waals surface area contributed by atoms with Crippen molar-refractivity contribution in [1.82, 2.24) is 9.97 Å². The fraction of sp³-hybridized carbons (Fsp3) is 0.125. The number of methoxy groups -OCH3 is 1. The van der Waals surface area contributed by atoms with Gasteiger partial charge in [-0.1, -0.05) is 17.5 Å².